The summed E-state index contributed by atoms with van der Waals surface area (Å²) in [4.78, 5) is 14.0. The molecule has 0 aliphatic rings. The lowest BCUT2D eigenvalue weighted by atomic mass is 10.1. The van der Waals surface area contributed by atoms with Gasteiger partial charge in [0.05, 0.1) is 11.0 Å². The fourth-order valence-corrected chi connectivity index (χ4v) is 1.68. The Hall–Kier alpha value is -2.42. The van der Waals surface area contributed by atoms with Crippen LogP contribution in [0.15, 0.2) is 16.7 Å². The molecule has 21 heavy (non-hydrogen) atoms. The Morgan fingerprint density at radius 1 is 1.43 bits per heavy atom. The number of rotatable bonds is 5. The molecule has 1 aromatic carbocycles. The molecule has 1 atom stereocenters. The van der Waals surface area contributed by atoms with E-state index >= 15 is 0 Å². The van der Waals surface area contributed by atoms with E-state index in [0.717, 1.165) is 0 Å². The van der Waals surface area contributed by atoms with Crippen LogP contribution in [-0.2, 0) is 6.42 Å². The molecule has 2 rings (SSSR count). The van der Waals surface area contributed by atoms with Gasteiger partial charge in [-0.05, 0) is 12.5 Å². The van der Waals surface area contributed by atoms with Crippen LogP contribution in [0.25, 0.3) is 11.5 Å². The molecule has 2 N–H and O–H groups in total. The van der Waals surface area contributed by atoms with Gasteiger partial charge in [-0.2, -0.15) is 4.98 Å². The molecule has 0 aliphatic heterocycles. The first-order valence-electron chi connectivity index (χ1n) is 6.14. The van der Waals surface area contributed by atoms with Gasteiger partial charge in [-0.3, -0.25) is 10.1 Å². The van der Waals surface area contributed by atoms with Crippen LogP contribution in [0, 0.1) is 21.7 Å². The summed E-state index contributed by atoms with van der Waals surface area (Å²) in [5.74, 6) is -2.56. The van der Waals surface area contributed by atoms with E-state index < -0.39 is 22.2 Å². The second-order valence-corrected chi connectivity index (χ2v) is 4.43. The fourth-order valence-electron chi connectivity index (χ4n) is 1.68. The first-order chi connectivity index (χ1) is 9.92. The zero-order chi connectivity index (χ0) is 15.6. The maximum absolute atomic E-state index is 13.3. The summed E-state index contributed by atoms with van der Waals surface area (Å²) < 4.78 is 31.2. The van der Waals surface area contributed by atoms with E-state index in [-0.39, 0.29) is 23.3 Å². The number of benzene rings is 1. The Morgan fingerprint density at radius 3 is 2.71 bits per heavy atom. The Morgan fingerprint density at radius 2 is 2.10 bits per heavy atom. The average molecular weight is 298 g/mol. The molecule has 1 unspecified atom stereocenters. The van der Waals surface area contributed by atoms with E-state index in [1.165, 1.54) is 0 Å². The molecule has 2 aromatic rings. The molecule has 1 heterocycles. The maximum Gasteiger partial charge on any atom is 0.285 e. The van der Waals surface area contributed by atoms with Crippen LogP contribution in [0.2, 0.25) is 0 Å². The predicted octanol–water partition coefficient (Wildman–Crippen LogP) is 2.20. The summed E-state index contributed by atoms with van der Waals surface area (Å²) >= 11 is 0. The number of hydrogen-bond acceptors (Lipinski definition) is 6. The quantitative estimate of drug-likeness (QED) is 0.669. The molecule has 0 spiro atoms. The van der Waals surface area contributed by atoms with Crippen LogP contribution >= 0.6 is 0 Å². The summed E-state index contributed by atoms with van der Waals surface area (Å²) in [5, 5.41) is 14.5. The molecule has 9 heteroatoms. The minimum atomic E-state index is -1.32. The monoisotopic (exact) mass is 298 g/mol. The normalized spacial score (nSPS) is 12.4. The molecule has 0 bridgehead atoms. The van der Waals surface area contributed by atoms with E-state index in [1.54, 1.807) is 0 Å². The topological polar surface area (TPSA) is 108 Å². The molecule has 112 valence electrons. The number of nitro groups is 1. The lowest BCUT2D eigenvalue weighted by Gasteiger charge is -2.02. The van der Waals surface area contributed by atoms with Crippen LogP contribution in [0.3, 0.4) is 0 Å². The lowest BCUT2D eigenvalue weighted by molar-refractivity contribution is -0.384. The maximum atomic E-state index is 13.3. The summed E-state index contributed by atoms with van der Waals surface area (Å²) in [6.07, 6.45) is 1.01. The Balaban J connectivity index is 2.42. The SMILES string of the molecule is CCC(N)Cc1noc(-c2cc(F)c(F)cc2[N+](=O)[O-])n1. The van der Waals surface area contributed by atoms with Crippen molar-refractivity contribution < 1.29 is 18.2 Å². The first kappa shape index (κ1) is 15.0. The van der Waals surface area contributed by atoms with Crippen LogP contribution < -0.4 is 5.73 Å². The van der Waals surface area contributed by atoms with Crippen LogP contribution in [-0.4, -0.2) is 21.1 Å². The number of nitrogens with two attached hydrogens (primary N) is 1. The van der Waals surface area contributed by atoms with E-state index in [4.69, 9.17) is 10.3 Å². The molecule has 7 nitrogen and oxygen atoms in total. The molecule has 0 fully saturated rings. The standard InChI is InChI=1S/C12H12F2N4O3/c1-2-6(15)3-11-16-12(21-17-11)7-4-8(13)9(14)5-10(7)18(19)20/h4-6H,2-3,15H2,1H3. The third kappa shape index (κ3) is 3.19. The van der Waals surface area contributed by atoms with Crippen molar-refractivity contribution >= 4 is 5.69 Å². The lowest BCUT2D eigenvalue weighted by Crippen LogP contribution is -2.21. The highest BCUT2D eigenvalue weighted by molar-refractivity contribution is 5.66. The summed E-state index contributed by atoms with van der Waals surface area (Å²) in [6.45, 7) is 1.88. The van der Waals surface area contributed by atoms with Gasteiger partial charge >= 0.3 is 0 Å². The zero-order valence-corrected chi connectivity index (χ0v) is 11.0. The molecule has 0 saturated heterocycles. The number of nitro benzene ring substituents is 1. The van der Waals surface area contributed by atoms with Crippen molar-refractivity contribution in [2.24, 2.45) is 5.73 Å². The molecule has 0 aliphatic carbocycles. The number of hydrogen-bond donors (Lipinski definition) is 1. The van der Waals surface area contributed by atoms with Gasteiger partial charge in [-0.1, -0.05) is 12.1 Å². The van der Waals surface area contributed by atoms with Crippen molar-refractivity contribution in [3.8, 4) is 11.5 Å². The number of halogens is 2. The molecule has 0 saturated carbocycles. The Bertz CT molecular complexity index is 675. The van der Waals surface area contributed by atoms with Gasteiger partial charge in [0.15, 0.2) is 17.5 Å². The molecule has 0 amide bonds. The molecular formula is C12H12F2N4O3. The molecular weight excluding hydrogens is 286 g/mol. The third-order valence-electron chi connectivity index (χ3n) is 2.90. The van der Waals surface area contributed by atoms with Crippen molar-refractivity contribution in [1.82, 2.24) is 10.1 Å². The summed E-state index contributed by atoms with van der Waals surface area (Å²) in [7, 11) is 0. The fraction of sp³-hybridized carbons (Fsp3) is 0.333. The first-order valence-corrected chi connectivity index (χ1v) is 6.14. The molecule has 1 aromatic heterocycles. The number of aromatic nitrogens is 2. The minimum absolute atomic E-state index is 0.185. The highest BCUT2D eigenvalue weighted by Gasteiger charge is 2.24. The van der Waals surface area contributed by atoms with Gasteiger partial charge in [-0.15, -0.1) is 0 Å². The van der Waals surface area contributed by atoms with Crippen LogP contribution in [0.1, 0.15) is 19.2 Å². The van der Waals surface area contributed by atoms with Gasteiger partial charge in [0.1, 0.15) is 5.56 Å². The second-order valence-electron chi connectivity index (χ2n) is 4.43. The second kappa shape index (κ2) is 5.92. The largest absolute Gasteiger partial charge is 0.334 e. The smallest absolute Gasteiger partial charge is 0.285 e. The zero-order valence-electron chi connectivity index (χ0n) is 11.0. The highest BCUT2D eigenvalue weighted by atomic mass is 19.2. The third-order valence-corrected chi connectivity index (χ3v) is 2.90. The highest BCUT2D eigenvalue weighted by Crippen LogP contribution is 2.30. The van der Waals surface area contributed by atoms with Gasteiger partial charge in [0, 0.05) is 12.5 Å². The summed E-state index contributed by atoms with van der Waals surface area (Å²) in [5.41, 5.74) is 4.81. The van der Waals surface area contributed by atoms with E-state index in [9.17, 15) is 18.9 Å². The van der Waals surface area contributed by atoms with Gasteiger partial charge in [-0.25, -0.2) is 8.78 Å². The average Bonchev–Trinajstić information content (AvgIpc) is 2.89. The Labute approximate surface area is 117 Å². The van der Waals surface area contributed by atoms with Gasteiger partial charge in [0.25, 0.3) is 11.6 Å². The van der Waals surface area contributed by atoms with E-state index in [1.807, 2.05) is 6.92 Å². The van der Waals surface area contributed by atoms with Gasteiger partial charge < -0.3 is 10.3 Å². The van der Waals surface area contributed by atoms with E-state index in [2.05, 4.69) is 10.1 Å². The van der Waals surface area contributed by atoms with Crippen molar-refractivity contribution in [2.45, 2.75) is 25.8 Å². The van der Waals surface area contributed by atoms with Crippen molar-refractivity contribution in [3.63, 3.8) is 0 Å². The Kier molecular flexibility index (Phi) is 4.22. The van der Waals surface area contributed by atoms with Gasteiger partial charge in [0.2, 0.25) is 0 Å². The van der Waals surface area contributed by atoms with Crippen molar-refractivity contribution in [3.05, 3.63) is 39.7 Å². The summed E-state index contributed by atoms with van der Waals surface area (Å²) in [6, 6.07) is 0.951. The molecule has 0 radical (unpaired) electrons. The van der Waals surface area contributed by atoms with Crippen molar-refractivity contribution in [2.75, 3.05) is 0 Å². The number of nitrogens with zero attached hydrogens (tertiary/aromatic N) is 3. The minimum Gasteiger partial charge on any atom is -0.334 e. The predicted molar refractivity (Wildman–Crippen MR) is 68.3 cm³/mol. The van der Waals surface area contributed by atoms with Crippen molar-refractivity contribution in [1.29, 1.82) is 0 Å². The van der Waals surface area contributed by atoms with E-state index in [0.29, 0.717) is 25.0 Å². The van der Waals surface area contributed by atoms with Crippen LogP contribution in [0.4, 0.5) is 14.5 Å². The van der Waals surface area contributed by atoms with Crippen LogP contribution in [0.5, 0.6) is 0 Å².